The van der Waals surface area contributed by atoms with Crippen LogP contribution >= 0.6 is 0 Å². The van der Waals surface area contributed by atoms with Crippen LogP contribution in [0.1, 0.15) is 40.5 Å². The largest absolute Gasteiger partial charge is 0.382 e. The second-order valence-corrected chi connectivity index (χ2v) is 5.24. The zero-order chi connectivity index (χ0) is 11.4. The summed E-state index contributed by atoms with van der Waals surface area (Å²) in [5.74, 6) is 0.696. The van der Waals surface area contributed by atoms with Gasteiger partial charge >= 0.3 is 0 Å². The lowest BCUT2D eigenvalue weighted by Gasteiger charge is -1.96. The van der Waals surface area contributed by atoms with Crippen LogP contribution in [0.25, 0.3) is 0 Å². The smallest absolute Gasteiger partial charge is 0.150 e. The SMILES string of the molecule is CCCS(=O)(=O)CCC.CCOCC. The Bertz CT molecular complexity index is 172. The molecule has 0 radical (unpaired) electrons. The number of ether oxygens (including phenoxy) is 1. The molecule has 0 aliphatic rings. The van der Waals surface area contributed by atoms with Crippen LogP contribution in [-0.2, 0) is 14.6 Å². The van der Waals surface area contributed by atoms with E-state index in [0.29, 0.717) is 11.5 Å². The topological polar surface area (TPSA) is 43.4 Å². The summed E-state index contributed by atoms with van der Waals surface area (Å²) in [5, 5.41) is 0. The average molecular weight is 224 g/mol. The molecule has 0 spiro atoms. The molecule has 0 aliphatic heterocycles. The van der Waals surface area contributed by atoms with Gasteiger partial charge in [-0.2, -0.15) is 0 Å². The predicted octanol–water partition coefficient (Wildman–Crippen LogP) is 2.26. The molecule has 88 valence electrons. The minimum atomic E-state index is -2.68. The lowest BCUT2D eigenvalue weighted by Crippen LogP contribution is -2.08. The highest BCUT2D eigenvalue weighted by molar-refractivity contribution is 7.91. The van der Waals surface area contributed by atoms with Crippen molar-refractivity contribution in [2.75, 3.05) is 24.7 Å². The van der Waals surface area contributed by atoms with E-state index in [1.165, 1.54) is 0 Å². The van der Waals surface area contributed by atoms with Crippen molar-refractivity contribution in [1.82, 2.24) is 0 Å². The molecule has 0 heterocycles. The second kappa shape index (κ2) is 11.0. The molecule has 0 fully saturated rings. The van der Waals surface area contributed by atoms with Crippen LogP contribution in [0.4, 0.5) is 0 Å². The van der Waals surface area contributed by atoms with Crippen LogP contribution in [0, 0.1) is 0 Å². The maximum absolute atomic E-state index is 10.8. The van der Waals surface area contributed by atoms with Crippen molar-refractivity contribution in [3.05, 3.63) is 0 Å². The van der Waals surface area contributed by atoms with E-state index in [9.17, 15) is 8.42 Å². The van der Waals surface area contributed by atoms with Gasteiger partial charge in [-0.1, -0.05) is 13.8 Å². The first-order chi connectivity index (χ1) is 6.54. The normalized spacial score (nSPS) is 10.6. The molecule has 0 saturated heterocycles. The molecule has 14 heavy (non-hydrogen) atoms. The summed E-state index contributed by atoms with van der Waals surface area (Å²) < 4.78 is 26.5. The molecule has 0 N–H and O–H groups in total. The molecule has 0 atom stereocenters. The van der Waals surface area contributed by atoms with Gasteiger partial charge in [0.15, 0.2) is 0 Å². The fourth-order valence-electron chi connectivity index (χ4n) is 0.928. The Labute approximate surface area is 88.8 Å². The zero-order valence-electron chi connectivity index (χ0n) is 9.88. The Kier molecular flexibility index (Phi) is 12.8. The molecule has 0 aromatic heterocycles. The van der Waals surface area contributed by atoms with Gasteiger partial charge in [0.25, 0.3) is 0 Å². The minimum Gasteiger partial charge on any atom is -0.382 e. The van der Waals surface area contributed by atoms with E-state index in [1.54, 1.807) is 0 Å². The lowest BCUT2D eigenvalue weighted by atomic mass is 10.6. The first kappa shape index (κ1) is 16.3. The molecule has 0 saturated carbocycles. The number of sulfone groups is 1. The van der Waals surface area contributed by atoms with Crippen LogP contribution in [0.2, 0.25) is 0 Å². The quantitative estimate of drug-likeness (QED) is 0.695. The average Bonchev–Trinajstić information content (AvgIpc) is 2.06. The van der Waals surface area contributed by atoms with Gasteiger partial charge in [-0.25, -0.2) is 8.42 Å². The lowest BCUT2D eigenvalue weighted by molar-refractivity contribution is 0.162. The van der Waals surface area contributed by atoms with Crippen molar-refractivity contribution in [2.24, 2.45) is 0 Å². The van der Waals surface area contributed by atoms with E-state index >= 15 is 0 Å². The highest BCUT2D eigenvalue weighted by atomic mass is 32.2. The molecule has 4 heteroatoms. The van der Waals surface area contributed by atoms with Gasteiger partial charge in [0.2, 0.25) is 0 Å². The Morgan fingerprint density at radius 2 is 1.21 bits per heavy atom. The number of hydrogen-bond acceptors (Lipinski definition) is 3. The molecule has 3 nitrogen and oxygen atoms in total. The van der Waals surface area contributed by atoms with Gasteiger partial charge in [0, 0.05) is 24.7 Å². The van der Waals surface area contributed by atoms with E-state index < -0.39 is 9.84 Å². The van der Waals surface area contributed by atoms with Gasteiger partial charge in [0.05, 0.1) is 0 Å². The highest BCUT2D eigenvalue weighted by Gasteiger charge is 2.05. The Hall–Kier alpha value is -0.0900. The molecule has 0 aromatic carbocycles. The van der Waals surface area contributed by atoms with Crippen molar-refractivity contribution in [1.29, 1.82) is 0 Å². The maximum Gasteiger partial charge on any atom is 0.150 e. The van der Waals surface area contributed by atoms with Crippen LogP contribution in [0.3, 0.4) is 0 Å². The summed E-state index contributed by atoms with van der Waals surface area (Å²) in [4.78, 5) is 0. The van der Waals surface area contributed by atoms with Gasteiger partial charge in [-0.15, -0.1) is 0 Å². The monoisotopic (exact) mass is 224 g/mol. The van der Waals surface area contributed by atoms with Crippen molar-refractivity contribution in [3.63, 3.8) is 0 Å². The summed E-state index contributed by atoms with van der Waals surface area (Å²) in [6, 6.07) is 0. The fourth-order valence-corrected chi connectivity index (χ4v) is 2.38. The first-order valence-corrected chi connectivity index (χ1v) is 7.14. The van der Waals surface area contributed by atoms with Gasteiger partial charge in [-0.3, -0.25) is 0 Å². The third-order valence-electron chi connectivity index (χ3n) is 1.44. The second-order valence-electron chi connectivity index (χ2n) is 2.93. The standard InChI is InChI=1S/C6H14O2S.C4H10O/c1-3-5-9(7,8)6-4-2;1-3-5-4-2/h3-6H2,1-2H3;3-4H2,1-2H3. The van der Waals surface area contributed by atoms with Crippen LogP contribution in [0.15, 0.2) is 0 Å². The molecular weight excluding hydrogens is 200 g/mol. The minimum absolute atomic E-state index is 0.348. The summed E-state index contributed by atoms with van der Waals surface area (Å²) in [5.41, 5.74) is 0. The zero-order valence-corrected chi connectivity index (χ0v) is 10.7. The van der Waals surface area contributed by atoms with E-state index in [-0.39, 0.29) is 0 Å². The Morgan fingerprint density at radius 3 is 1.36 bits per heavy atom. The number of hydrogen-bond donors (Lipinski definition) is 0. The third-order valence-corrected chi connectivity index (χ3v) is 3.50. The van der Waals surface area contributed by atoms with Gasteiger partial charge < -0.3 is 4.74 Å². The molecule has 0 unspecified atom stereocenters. The van der Waals surface area contributed by atoms with E-state index in [0.717, 1.165) is 26.1 Å². The Balaban J connectivity index is 0. The molecule has 0 amide bonds. The summed E-state index contributed by atoms with van der Waals surface area (Å²) in [6.45, 7) is 9.43. The molecule has 0 aromatic rings. The molecule has 0 aliphatic carbocycles. The first-order valence-electron chi connectivity index (χ1n) is 5.32. The van der Waals surface area contributed by atoms with E-state index in [4.69, 9.17) is 4.74 Å². The maximum atomic E-state index is 10.8. The Morgan fingerprint density at radius 1 is 0.857 bits per heavy atom. The van der Waals surface area contributed by atoms with Gasteiger partial charge in [0.1, 0.15) is 9.84 Å². The van der Waals surface area contributed by atoms with E-state index in [1.807, 2.05) is 27.7 Å². The summed E-state index contributed by atoms with van der Waals surface area (Å²) >= 11 is 0. The highest BCUT2D eigenvalue weighted by Crippen LogP contribution is 1.94. The van der Waals surface area contributed by atoms with Gasteiger partial charge in [-0.05, 0) is 26.7 Å². The summed E-state index contributed by atoms with van der Waals surface area (Å²) in [6.07, 6.45) is 1.48. The van der Waals surface area contributed by atoms with E-state index in [2.05, 4.69) is 0 Å². The number of rotatable bonds is 6. The van der Waals surface area contributed by atoms with Crippen molar-refractivity contribution in [2.45, 2.75) is 40.5 Å². The molecular formula is C10H24O3S. The fraction of sp³-hybridized carbons (Fsp3) is 1.00. The van der Waals surface area contributed by atoms with Crippen molar-refractivity contribution in [3.8, 4) is 0 Å². The van der Waals surface area contributed by atoms with Crippen molar-refractivity contribution >= 4 is 9.84 Å². The molecule has 0 bridgehead atoms. The predicted molar refractivity (Wildman–Crippen MR) is 61.4 cm³/mol. The van der Waals surface area contributed by atoms with Crippen LogP contribution < -0.4 is 0 Å². The summed E-state index contributed by atoms with van der Waals surface area (Å²) in [7, 11) is -2.68. The van der Waals surface area contributed by atoms with Crippen molar-refractivity contribution < 1.29 is 13.2 Å². The van der Waals surface area contributed by atoms with Crippen LogP contribution in [0.5, 0.6) is 0 Å². The van der Waals surface area contributed by atoms with Crippen LogP contribution in [-0.4, -0.2) is 33.1 Å². The third kappa shape index (κ3) is 14.4. The molecule has 0 rings (SSSR count).